The van der Waals surface area contributed by atoms with Gasteiger partial charge in [-0.05, 0) is 19.8 Å². The molecule has 4 N–H and O–H groups in total. The largest absolute Gasteiger partial charge is 0.468 e. The van der Waals surface area contributed by atoms with E-state index >= 15 is 0 Å². The molecule has 7 nitrogen and oxygen atoms in total. The molecule has 0 unspecified atom stereocenters. The predicted molar refractivity (Wildman–Crippen MR) is 79.6 cm³/mol. The molecule has 0 aliphatic carbocycles. The van der Waals surface area contributed by atoms with E-state index in [2.05, 4.69) is 5.32 Å². The summed E-state index contributed by atoms with van der Waals surface area (Å²) in [5.41, 5.74) is 5.69. The van der Waals surface area contributed by atoms with Gasteiger partial charge >= 0.3 is 5.97 Å². The van der Waals surface area contributed by atoms with Crippen molar-refractivity contribution < 1.29 is 19.4 Å². The Morgan fingerprint density at radius 3 is 2.62 bits per heavy atom. The molecule has 2 aliphatic heterocycles. The quantitative estimate of drug-likeness (QED) is 0.567. The fourth-order valence-electron chi connectivity index (χ4n) is 2.71. The van der Waals surface area contributed by atoms with Crippen LogP contribution in [-0.4, -0.2) is 70.9 Å². The first-order valence-electron chi connectivity index (χ1n) is 7.10. The lowest BCUT2D eigenvalue weighted by molar-refractivity contribution is -0.143. The summed E-state index contributed by atoms with van der Waals surface area (Å²) in [6.07, 6.45) is 0.656. The van der Waals surface area contributed by atoms with Gasteiger partial charge in [0.05, 0.1) is 18.1 Å². The molecule has 2 aliphatic rings. The van der Waals surface area contributed by atoms with Gasteiger partial charge in [0, 0.05) is 18.8 Å². The molecule has 8 heteroatoms. The van der Waals surface area contributed by atoms with Crippen molar-refractivity contribution >= 4 is 23.6 Å². The zero-order valence-corrected chi connectivity index (χ0v) is 13.2. The van der Waals surface area contributed by atoms with Crippen LogP contribution in [0.25, 0.3) is 0 Å². The maximum atomic E-state index is 12.1. The molecule has 2 saturated heterocycles. The zero-order valence-electron chi connectivity index (χ0n) is 12.4. The van der Waals surface area contributed by atoms with Crippen molar-refractivity contribution in [1.29, 1.82) is 0 Å². The Hall–Kier alpha value is -0.830. The van der Waals surface area contributed by atoms with Crippen molar-refractivity contribution in [1.82, 2.24) is 10.2 Å². The van der Waals surface area contributed by atoms with Crippen LogP contribution in [0.1, 0.15) is 19.8 Å². The van der Waals surface area contributed by atoms with Gasteiger partial charge in [0.25, 0.3) is 0 Å². The number of rotatable bonds is 3. The first-order valence-corrected chi connectivity index (χ1v) is 8.09. The summed E-state index contributed by atoms with van der Waals surface area (Å²) in [5, 5.41) is 12.7. The number of hydrogen-bond acceptors (Lipinski definition) is 7. The van der Waals surface area contributed by atoms with Gasteiger partial charge < -0.3 is 20.5 Å². The third-order valence-corrected chi connectivity index (χ3v) is 5.72. The number of methoxy groups -OCH3 is 1. The van der Waals surface area contributed by atoms with E-state index in [1.54, 1.807) is 16.7 Å². The molecule has 0 saturated carbocycles. The fourth-order valence-corrected chi connectivity index (χ4v) is 4.11. The van der Waals surface area contributed by atoms with Crippen molar-refractivity contribution in [2.45, 2.75) is 42.8 Å². The number of nitrogens with two attached hydrogens (primary N) is 1. The molecule has 2 fully saturated rings. The number of thioether (sulfide) groups is 1. The molecular weight excluding hydrogens is 294 g/mol. The summed E-state index contributed by atoms with van der Waals surface area (Å²) in [6.45, 7) is 2.67. The molecule has 2 rings (SSSR count). The minimum Gasteiger partial charge on any atom is -0.468 e. The van der Waals surface area contributed by atoms with Crippen LogP contribution in [0.4, 0.5) is 0 Å². The van der Waals surface area contributed by atoms with E-state index in [0.717, 1.165) is 12.8 Å². The SMILES string of the molecule is COC(=O)[C@@H]1CSC2(CCN(C(=O)[C@@H](N)[C@@H](C)O)CC2)N1. The van der Waals surface area contributed by atoms with Crippen molar-refractivity contribution in [3.63, 3.8) is 0 Å². The first-order chi connectivity index (χ1) is 9.88. The average Bonchev–Trinajstić information content (AvgIpc) is 2.89. The van der Waals surface area contributed by atoms with E-state index < -0.39 is 12.1 Å². The molecular formula is C13H23N3O4S. The second kappa shape index (κ2) is 6.51. The molecule has 0 aromatic rings. The van der Waals surface area contributed by atoms with Gasteiger partial charge in [-0.1, -0.05) is 0 Å². The van der Waals surface area contributed by atoms with E-state index in [1.807, 2.05) is 0 Å². The Bertz CT molecular complexity index is 410. The summed E-state index contributed by atoms with van der Waals surface area (Å²) in [5.74, 6) is 0.231. The Balaban J connectivity index is 1.89. The van der Waals surface area contributed by atoms with Crippen LogP contribution in [-0.2, 0) is 14.3 Å². The third-order valence-electron chi connectivity index (χ3n) is 4.14. The molecule has 0 aromatic heterocycles. The van der Waals surface area contributed by atoms with E-state index in [4.69, 9.17) is 10.5 Å². The number of nitrogens with one attached hydrogen (secondary N) is 1. The van der Waals surface area contributed by atoms with Crippen LogP contribution in [0, 0.1) is 0 Å². The van der Waals surface area contributed by atoms with Crippen LogP contribution in [0.3, 0.4) is 0 Å². The summed E-state index contributed by atoms with van der Waals surface area (Å²) >= 11 is 1.72. The molecule has 2 heterocycles. The Morgan fingerprint density at radius 2 is 2.10 bits per heavy atom. The van der Waals surface area contributed by atoms with Gasteiger partial charge in [-0.15, -0.1) is 11.8 Å². The number of hydrogen-bond donors (Lipinski definition) is 3. The number of piperidine rings is 1. The highest BCUT2D eigenvalue weighted by molar-refractivity contribution is 8.01. The number of amides is 1. The number of aliphatic hydroxyl groups excluding tert-OH is 1. The highest BCUT2D eigenvalue weighted by Gasteiger charge is 2.45. The number of carbonyl (C=O) groups is 2. The van der Waals surface area contributed by atoms with Crippen LogP contribution < -0.4 is 11.1 Å². The van der Waals surface area contributed by atoms with Gasteiger partial charge in [-0.25, -0.2) is 0 Å². The zero-order chi connectivity index (χ0) is 15.6. The third kappa shape index (κ3) is 3.50. The van der Waals surface area contributed by atoms with Gasteiger partial charge in [-0.2, -0.15) is 0 Å². The van der Waals surface area contributed by atoms with E-state index in [1.165, 1.54) is 14.0 Å². The van der Waals surface area contributed by atoms with Crippen LogP contribution >= 0.6 is 11.8 Å². The highest BCUT2D eigenvalue weighted by atomic mass is 32.2. The molecule has 120 valence electrons. The van der Waals surface area contributed by atoms with Crippen molar-refractivity contribution in [3.05, 3.63) is 0 Å². The summed E-state index contributed by atoms with van der Waals surface area (Å²) in [7, 11) is 1.39. The number of ether oxygens (including phenoxy) is 1. The van der Waals surface area contributed by atoms with Crippen molar-refractivity contribution in [2.75, 3.05) is 26.0 Å². The number of esters is 1. The minimum atomic E-state index is -0.869. The Kier molecular flexibility index (Phi) is 5.13. The van der Waals surface area contributed by atoms with E-state index in [-0.39, 0.29) is 22.8 Å². The average molecular weight is 317 g/mol. The lowest BCUT2D eigenvalue weighted by atomic mass is 10.0. The fraction of sp³-hybridized carbons (Fsp3) is 0.846. The minimum absolute atomic E-state index is 0.162. The molecule has 0 radical (unpaired) electrons. The molecule has 0 bridgehead atoms. The van der Waals surface area contributed by atoms with Crippen molar-refractivity contribution in [2.24, 2.45) is 5.73 Å². The Morgan fingerprint density at radius 1 is 1.48 bits per heavy atom. The van der Waals surface area contributed by atoms with Gasteiger partial charge in [0.15, 0.2) is 0 Å². The molecule has 21 heavy (non-hydrogen) atoms. The molecule has 0 aromatic carbocycles. The van der Waals surface area contributed by atoms with Crippen LogP contribution in [0.5, 0.6) is 0 Å². The number of nitrogens with zero attached hydrogens (tertiary/aromatic N) is 1. The van der Waals surface area contributed by atoms with Gasteiger partial charge in [-0.3, -0.25) is 14.9 Å². The molecule has 1 amide bonds. The van der Waals surface area contributed by atoms with E-state index in [0.29, 0.717) is 18.8 Å². The highest BCUT2D eigenvalue weighted by Crippen LogP contribution is 2.39. The first kappa shape index (κ1) is 16.5. The standard InChI is InChI=1S/C13H23N3O4S/c1-8(17)10(14)11(18)16-5-3-13(4-6-16)15-9(7-21-13)12(19)20-2/h8-10,15,17H,3-7,14H2,1-2H3/t8-,9+,10+/m1/s1. The predicted octanol–water partition coefficient (Wildman–Crippen LogP) is -1.11. The van der Waals surface area contributed by atoms with Gasteiger partial charge in [0.2, 0.25) is 5.91 Å². The normalized spacial score (nSPS) is 27.4. The smallest absolute Gasteiger partial charge is 0.323 e. The summed E-state index contributed by atoms with van der Waals surface area (Å²) < 4.78 is 4.76. The Labute approximate surface area is 128 Å². The van der Waals surface area contributed by atoms with E-state index in [9.17, 15) is 14.7 Å². The topological polar surface area (TPSA) is 105 Å². The van der Waals surface area contributed by atoms with Crippen LogP contribution in [0.2, 0.25) is 0 Å². The number of carbonyl (C=O) groups excluding carboxylic acids is 2. The maximum absolute atomic E-state index is 12.1. The summed E-state index contributed by atoms with van der Waals surface area (Å²) in [6, 6.07) is -1.15. The summed E-state index contributed by atoms with van der Waals surface area (Å²) in [4.78, 5) is 25.2. The lowest BCUT2D eigenvalue weighted by Gasteiger charge is -2.40. The molecule has 1 spiro atoms. The monoisotopic (exact) mass is 317 g/mol. The second-order valence-electron chi connectivity index (χ2n) is 5.62. The second-order valence-corrected chi connectivity index (χ2v) is 7.02. The lowest BCUT2D eigenvalue weighted by Crippen LogP contribution is -2.56. The number of aliphatic hydroxyl groups is 1. The number of likely N-dealkylation sites (tertiary alicyclic amines) is 1. The van der Waals surface area contributed by atoms with Gasteiger partial charge in [0.1, 0.15) is 12.1 Å². The van der Waals surface area contributed by atoms with Crippen LogP contribution in [0.15, 0.2) is 0 Å². The maximum Gasteiger partial charge on any atom is 0.323 e. The molecule has 3 atom stereocenters. The van der Waals surface area contributed by atoms with Crippen molar-refractivity contribution in [3.8, 4) is 0 Å².